The first-order valence-electron chi connectivity index (χ1n) is 8.74. The lowest BCUT2D eigenvalue weighted by Crippen LogP contribution is -2.59. The monoisotopic (exact) mass is 349 g/mol. The number of esters is 1. The van der Waals surface area contributed by atoms with Crippen LogP contribution in [0.15, 0.2) is 24.3 Å². The number of nitrogens with zero attached hydrogens (tertiary/aromatic N) is 1. The summed E-state index contributed by atoms with van der Waals surface area (Å²) in [7, 11) is 1.61. The number of hydrogen-bond donors (Lipinski definition) is 1. The summed E-state index contributed by atoms with van der Waals surface area (Å²) in [5, 5.41) is 9.53. The van der Waals surface area contributed by atoms with Gasteiger partial charge in [0.25, 0.3) is 0 Å². The standard InChI is InChI=1S/C19H27NO5/c1-4-5-11-25-17(21)19(2)13-15(9-10-20(19)18(22)23)14-7-6-8-16(12-14)24-3/h6-8,12,15H,4-5,9-11,13H2,1-3H3,(H,22,23). The van der Waals surface area contributed by atoms with Crippen LogP contribution in [0.25, 0.3) is 0 Å². The van der Waals surface area contributed by atoms with Gasteiger partial charge in [-0.2, -0.15) is 0 Å². The molecule has 0 spiro atoms. The topological polar surface area (TPSA) is 76.1 Å². The fourth-order valence-corrected chi connectivity index (χ4v) is 3.37. The van der Waals surface area contributed by atoms with Crippen molar-refractivity contribution >= 4 is 12.1 Å². The average Bonchev–Trinajstić information content (AvgIpc) is 2.61. The quantitative estimate of drug-likeness (QED) is 0.626. The van der Waals surface area contributed by atoms with E-state index in [1.54, 1.807) is 14.0 Å². The lowest BCUT2D eigenvalue weighted by molar-refractivity contribution is -0.158. The molecule has 1 saturated heterocycles. The number of piperidine rings is 1. The van der Waals surface area contributed by atoms with Gasteiger partial charge in [0.2, 0.25) is 0 Å². The molecule has 1 heterocycles. The highest BCUT2D eigenvalue weighted by Crippen LogP contribution is 2.39. The average molecular weight is 349 g/mol. The van der Waals surface area contributed by atoms with Crippen LogP contribution in [-0.2, 0) is 9.53 Å². The number of rotatable bonds is 6. The molecule has 0 saturated carbocycles. The third-order valence-electron chi connectivity index (χ3n) is 4.91. The highest BCUT2D eigenvalue weighted by atomic mass is 16.5. The van der Waals surface area contributed by atoms with Crippen molar-refractivity contribution in [1.29, 1.82) is 0 Å². The van der Waals surface area contributed by atoms with Gasteiger partial charge in [0.05, 0.1) is 13.7 Å². The van der Waals surface area contributed by atoms with Crippen molar-refractivity contribution in [1.82, 2.24) is 4.90 Å². The zero-order valence-electron chi connectivity index (χ0n) is 15.2. The molecule has 6 heteroatoms. The molecule has 1 N–H and O–H groups in total. The van der Waals surface area contributed by atoms with E-state index < -0.39 is 17.6 Å². The predicted molar refractivity (Wildman–Crippen MR) is 94.0 cm³/mol. The number of carboxylic acid groups (broad SMARTS) is 1. The van der Waals surface area contributed by atoms with Crippen molar-refractivity contribution in [2.75, 3.05) is 20.3 Å². The number of carbonyl (C=O) groups is 2. The van der Waals surface area contributed by atoms with Crippen LogP contribution < -0.4 is 4.74 Å². The minimum atomic E-state index is -1.18. The van der Waals surface area contributed by atoms with Crippen LogP contribution in [0.5, 0.6) is 5.75 Å². The second kappa shape index (κ2) is 8.23. The number of hydrogen-bond acceptors (Lipinski definition) is 4. The zero-order chi connectivity index (χ0) is 18.4. The summed E-state index contributed by atoms with van der Waals surface area (Å²) in [4.78, 5) is 25.5. The molecule has 2 unspecified atom stereocenters. The molecule has 0 aliphatic carbocycles. The number of benzene rings is 1. The summed E-state index contributed by atoms with van der Waals surface area (Å²) in [6.07, 6.45) is 1.67. The zero-order valence-corrected chi connectivity index (χ0v) is 15.2. The van der Waals surface area contributed by atoms with Crippen LogP contribution in [0.2, 0.25) is 0 Å². The van der Waals surface area contributed by atoms with Crippen LogP contribution in [-0.4, -0.2) is 47.9 Å². The van der Waals surface area contributed by atoms with Gasteiger partial charge in [0, 0.05) is 6.54 Å². The van der Waals surface area contributed by atoms with E-state index in [0.29, 0.717) is 26.0 Å². The number of ether oxygens (including phenoxy) is 2. The summed E-state index contributed by atoms with van der Waals surface area (Å²) < 4.78 is 10.6. The first kappa shape index (κ1) is 19.1. The van der Waals surface area contributed by atoms with Gasteiger partial charge in [0.15, 0.2) is 0 Å². The van der Waals surface area contributed by atoms with Gasteiger partial charge in [-0.3, -0.25) is 4.90 Å². The maximum absolute atomic E-state index is 12.7. The second-order valence-electron chi connectivity index (χ2n) is 6.66. The summed E-state index contributed by atoms with van der Waals surface area (Å²) >= 11 is 0. The van der Waals surface area contributed by atoms with Crippen LogP contribution in [0.1, 0.15) is 51.0 Å². The van der Waals surface area contributed by atoms with Crippen molar-refractivity contribution in [3.63, 3.8) is 0 Å². The molecule has 1 aromatic rings. The lowest BCUT2D eigenvalue weighted by atomic mass is 9.78. The van der Waals surface area contributed by atoms with Gasteiger partial charge in [-0.25, -0.2) is 9.59 Å². The Hall–Kier alpha value is -2.24. The Morgan fingerprint density at radius 3 is 2.80 bits per heavy atom. The summed E-state index contributed by atoms with van der Waals surface area (Å²) in [5.41, 5.74) is -0.122. The summed E-state index contributed by atoms with van der Waals surface area (Å²) in [5.74, 6) is 0.371. The van der Waals surface area contributed by atoms with E-state index in [4.69, 9.17) is 9.47 Å². The maximum atomic E-state index is 12.7. The van der Waals surface area contributed by atoms with Gasteiger partial charge < -0.3 is 14.6 Å². The molecule has 1 amide bonds. The molecular weight excluding hydrogens is 322 g/mol. The molecule has 0 aromatic heterocycles. The van der Waals surface area contributed by atoms with Crippen LogP contribution in [0.3, 0.4) is 0 Å². The number of unbranched alkanes of at least 4 members (excludes halogenated alkanes) is 1. The Morgan fingerprint density at radius 1 is 1.40 bits per heavy atom. The SMILES string of the molecule is CCCCOC(=O)C1(C)CC(c2cccc(OC)c2)CCN1C(=O)O. The Balaban J connectivity index is 2.23. The van der Waals surface area contributed by atoms with Crippen molar-refractivity contribution < 1.29 is 24.2 Å². The van der Waals surface area contributed by atoms with E-state index in [-0.39, 0.29) is 5.92 Å². The van der Waals surface area contributed by atoms with Crippen LogP contribution in [0, 0.1) is 0 Å². The number of amides is 1. The highest BCUT2D eigenvalue weighted by Gasteiger charge is 2.48. The van der Waals surface area contributed by atoms with E-state index in [9.17, 15) is 14.7 Å². The second-order valence-corrected chi connectivity index (χ2v) is 6.66. The van der Waals surface area contributed by atoms with Crippen LogP contribution in [0.4, 0.5) is 4.79 Å². The fourth-order valence-electron chi connectivity index (χ4n) is 3.37. The van der Waals surface area contributed by atoms with Crippen molar-refractivity contribution in [2.45, 2.75) is 51.0 Å². The molecule has 2 rings (SSSR count). The minimum absolute atomic E-state index is 0.0782. The molecule has 1 aliphatic heterocycles. The minimum Gasteiger partial charge on any atom is -0.497 e. The van der Waals surface area contributed by atoms with Crippen molar-refractivity contribution in [2.24, 2.45) is 0 Å². The Morgan fingerprint density at radius 2 is 2.16 bits per heavy atom. The van der Waals surface area contributed by atoms with E-state index in [2.05, 4.69) is 0 Å². The molecule has 1 aliphatic rings. The Bertz CT molecular complexity index is 618. The van der Waals surface area contributed by atoms with Crippen LogP contribution >= 0.6 is 0 Å². The molecule has 2 atom stereocenters. The normalized spacial score (nSPS) is 23.2. The predicted octanol–water partition coefficient (Wildman–Crippen LogP) is 3.65. The van der Waals surface area contributed by atoms with E-state index >= 15 is 0 Å². The molecule has 0 radical (unpaired) electrons. The molecular formula is C19H27NO5. The summed E-state index contributed by atoms with van der Waals surface area (Å²) in [6, 6.07) is 7.72. The number of methoxy groups -OCH3 is 1. The van der Waals surface area contributed by atoms with Gasteiger partial charge in [-0.05, 0) is 49.8 Å². The third-order valence-corrected chi connectivity index (χ3v) is 4.91. The van der Waals surface area contributed by atoms with Gasteiger partial charge in [-0.1, -0.05) is 25.5 Å². The third kappa shape index (κ3) is 4.24. The maximum Gasteiger partial charge on any atom is 0.408 e. The van der Waals surface area contributed by atoms with Gasteiger partial charge in [0.1, 0.15) is 11.3 Å². The molecule has 25 heavy (non-hydrogen) atoms. The van der Waals surface area contributed by atoms with E-state index in [0.717, 1.165) is 24.2 Å². The van der Waals surface area contributed by atoms with E-state index in [1.165, 1.54) is 4.90 Å². The number of carbonyl (C=O) groups excluding carboxylic acids is 1. The largest absolute Gasteiger partial charge is 0.497 e. The molecule has 1 fully saturated rings. The number of likely N-dealkylation sites (tertiary alicyclic amines) is 1. The van der Waals surface area contributed by atoms with Gasteiger partial charge in [-0.15, -0.1) is 0 Å². The first-order valence-corrected chi connectivity index (χ1v) is 8.74. The summed E-state index contributed by atoms with van der Waals surface area (Å²) in [6.45, 7) is 4.30. The first-order chi connectivity index (χ1) is 11.9. The van der Waals surface area contributed by atoms with E-state index in [1.807, 2.05) is 31.2 Å². The molecule has 0 bridgehead atoms. The molecule has 6 nitrogen and oxygen atoms in total. The smallest absolute Gasteiger partial charge is 0.408 e. The molecule has 1 aromatic carbocycles. The van der Waals surface area contributed by atoms with Crippen molar-refractivity contribution in [3.8, 4) is 5.75 Å². The van der Waals surface area contributed by atoms with Crippen molar-refractivity contribution in [3.05, 3.63) is 29.8 Å². The Labute approximate surface area is 148 Å². The molecule has 138 valence electrons. The van der Waals surface area contributed by atoms with Gasteiger partial charge >= 0.3 is 12.1 Å². The highest BCUT2D eigenvalue weighted by molar-refractivity contribution is 5.85. The lowest BCUT2D eigenvalue weighted by Gasteiger charge is -2.44. The fraction of sp³-hybridized carbons (Fsp3) is 0.579. The Kier molecular flexibility index (Phi) is 6.28.